The molecule has 4 nitrogen and oxygen atoms in total. The summed E-state index contributed by atoms with van der Waals surface area (Å²) in [6.45, 7) is 2.13. The van der Waals surface area contributed by atoms with Gasteiger partial charge in [-0.1, -0.05) is 48.5 Å². The summed E-state index contributed by atoms with van der Waals surface area (Å²) < 4.78 is 40.8. The Labute approximate surface area is 183 Å². The third-order valence-electron chi connectivity index (χ3n) is 6.45. The van der Waals surface area contributed by atoms with E-state index in [9.17, 15) is 12.8 Å². The largest absolute Gasteiger partial charge is 0.290 e. The first kappa shape index (κ1) is 20.4. The molecule has 0 bridgehead atoms. The lowest BCUT2D eigenvalue weighted by Crippen LogP contribution is -2.49. The van der Waals surface area contributed by atoms with Gasteiger partial charge in [0.05, 0.1) is 10.9 Å². The summed E-state index contributed by atoms with van der Waals surface area (Å²) in [5.74, 6) is -0.436. The van der Waals surface area contributed by atoms with Crippen LogP contribution in [0.5, 0.6) is 0 Å². The van der Waals surface area contributed by atoms with Crippen molar-refractivity contribution in [2.75, 3.05) is 26.2 Å². The summed E-state index contributed by atoms with van der Waals surface area (Å²) in [6.07, 6.45) is 2.03. The molecule has 1 aliphatic carbocycles. The van der Waals surface area contributed by atoms with Crippen molar-refractivity contribution in [1.82, 2.24) is 9.21 Å². The van der Waals surface area contributed by atoms with Gasteiger partial charge in [-0.15, -0.1) is 0 Å². The molecule has 0 atom stereocenters. The van der Waals surface area contributed by atoms with Crippen LogP contribution in [0.2, 0.25) is 0 Å². The molecule has 0 amide bonds. The highest BCUT2D eigenvalue weighted by atomic mass is 32.2. The van der Waals surface area contributed by atoms with Gasteiger partial charge in [0.1, 0.15) is 5.82 Å². The minimum Gasteiger partial charge on any atom is -0.290 e. The lowest BCUT2D eigenvalue weighted by atomic mass is 9.93. The van der Waals surface area contributed by atoms with Crippen LogP contribution in [0.1, 0.15) is 28.3 Å². The molecule has 0 saturated carbocycles. The maximum Gasteiger partial charge on any atom is 0.243 e. The van der Waals surface area contributed by atoms with Crippen LogP contribution in [0.3, 0.4) is 0 Å². The Morgan fingerprint density at radius 1 is 0.710 bits per heavy atom. The van der Waals surface area contributed by atoms with Crippen LogP contribution in [0.25, 0.3) is 0 Å². The van der Waals surface area contributed by atoms with Crippen molar-refractivity contribution in [2.45, 2.75) is 23.8 Å². The van der Waals surface area contributed by atoms with Crippen molar-refractivity contribution in [3.63, 3.8) is 0 Å². The van der Waals surface area contributed by atoms with Crippen LogP contribution in [-0.4, -0.2) is 43.8 Å². The van der Waals surface area contributed by atoms with Crippen molar-refractivity contribution in [1.29, 1.82) is 0 Å². The molecule has 0 aromatic heterocycles. The average molecular weight is 437 g/mol. The predicted octanol–water partition coefficient (Wildman–Crippen LogP) is 4.02. The van der Waals surface area contributed by atoms with Gasteiger partial charge in [0.2, 0.25) is 10.0 Å². The van der Waals surface area contributed by atoms with Crippen molar-refractivity contribution < 1.29 is 12.8 Å². The van der Waals surface area contributed by atoms with E-state index in [0.717, 1.165) is 12.8 Å². The second kappa shape index (κ2) is 8.19. The number of hydrogen-bond donors (Lipinski definition) is 0. The van der Waals surface area contributed by atoms with Gasteiger partial charge in [0.25, 0.3) is 0 Å². The molecule has 1 saturated heterocycles. The molecule has 3 aromatic carbocycles. The molecule has 1 fully saturated rings. The van der Waals surface area contributed by atoms with E-state index in [1.54, 1.807) is 0 Å². The first-order valence-corrected chi connectivity index (χ1v) is 12.1. The Bertz CT molecular complexity index is 1140. The van der Waals surface area contributed by atoms with Crippen molar-refractivity contribution in [2.24, 2.45) is 0 Å². The lowest BCUT2D eigenvalue weighted by Gasteiger charge is -2.39. The summed E-state index contributed by atoms with van der Waals surface area (Å²) in [6, 6.07) is 22.4. The fraction of sp³-hybridized carbons (Fsp3) is 0.280. The Hall–Kier alpha value is -2.54. The molecule has 0 radical (unpaired) electrons. The third kappa shape index (κ3) is 3.80. The fourth-order valence-electron chi connectivity index (χ4n) is 4.85. The Balaban J connectivity index is 1.43. The van der Waals surface area contributed by atoms with Gasteiger partial charge in [0, 0.05) is 26.2 Å². The molecule has 1 heterocycles. The summed E-state index contributed by atoms with van der Waals surface area (Å²) in [5.41, 5.74) is 5.37. The van der Waals surface area contributed by atoms with E-state index >= 15 is 0 Å². The quantitative estimate of drug-likeness (QED) is 0.623. The number of rotatable bonds is 3. The number of halogens is 1. The number of piperazine rings is 1. The first-order chi connectivity index (χ1) is 15.0. The van der Waals surface area contributed by atoms with Crippen LogP contribution in [0.4, 0.5) is 4.39 Å². The van der Waals surface area contributed by atoms with Crippen LogP contribution < -0.4 is 0 Å². The molecule has 0 unspecified atom stereocenters. The Kier molecular flexibility index (Phi) is 5.38. The van der Waals surface area contributed by atoms with E-state index < -0.39 is 15.8 Å². The zero-order valence-corrected chi connectivity index (χ0v) is 18.1. The molecular weight excluding hydrogens is 411 g/mol. The van der Waals surface area contributed by atoms with Gasteiger partial charge in [-0.3, -0.25) is 4.90 Å². The van der Waals surface area contributed by atoms with Crippen molar-refractivity contribution in [3.05, 3.63) is 101 Å². The normalized spacial score (nSPS) is 18.2. The van der Waals surface area contributed by atoms with E-state index in [1.807, 2.05) is 0 Å². The molecular formula is C25H25FN2O2S. The molecule has 3 aromatic rings. The third-order valence-corrected chi connectivity index (χ3v) is 8.37. The number of hydrogen-bond acceptors (Lipinski definition) is 3. The smallest absolute Gasteiger partial charge is 0.243 e. The van der Waals surface area contributed by atoms with Gasteiger partial charge >= 0.3 is 0 Å². The molecule has 5 rings (SSSR count). The summed E-state index contributed by atoms with van der Waals surface area (Å²) in [7, 11) is -3.62. The highest BCUT2D eigenvalue weighted by Crippen LogP contribution is 2.37. The first-order valence-electron chi connectivity index (χ1n) is 10.7. The van der Waals surface area contributed by atoms with Crippen LogP contribution >= 0.6 is 0 Å². The van der Waals surface area contributed by atoms with Crippen LogP contribution in [0.15, 0.2) is 77.7 Å². The monoisotopic (exact) mass is 436 g/mol. The number of aryl methyl sites for hydroxylation is 2. The summed E-state index contributed by atoms with van der Waals surface area (Å²) >= 11 is 0. The highest BCUT2D eigenvalue weighted by Gasteiger charge is 2.34. The standard InChI is InChI=1S/C25H25FN2O2S/c26-21-11-13-22(14-12-21)31(29,30)28-17-15-27(16-18-28)25-23-7-3-1-5-19(23)9-10-20-6-2-4-8-24(20)25/h1-8,11-14,25H,9-10,15-18H2. The zero-order chi connectivity index (χ0) is 21.4. The van der Waals surface area contributed by atoms with Crippen molar-refractivity contribution >= 4 is 10.0 Å². The topological polar surface area (TPSA) is 40.6 Å². The number of nitrogens with zero attached hydrogens (tertiary/aromatic N) is 2. The van der Waals surface area contributed by atoms with Gasteiger partial charge in [0.15, 0.2) is 0 Å². The van der Waals surface area contributed by atoms with Gasteiger partial charge in [-0.25, -0.2) is 12.8 Å². The van der Waals surface area contributed by atoms with E-state index in [4.69, 9.17) is 0 Å². The van der Waals surface area contributed by atoms with E-state index in [1.165, 1.54) is 50.8 Å². The molecule has 2 aliphatic rings. The predicted molar refractivity (Wildman–Crippen MR) is 119 cm³/mol. The van der Waals surface area contributed by atoms with E-state index in [-0.39, 0.29) is 10.9 Å². The number of sulfonamides is 1. The molecule has 6 heteroatoms. The molecule has 160 valence electrons. The minimum absolute atomic E-state index is 0.130. The lowest BCUT2D eigenvalue weighted by molar-refractivity contribution is 0.155. The fourth-order valence-corrected chi connectivity index (χ4v) is 6.27. The minimum atomic E-state index is -3.62. The maximum absolute atomic E-state index is 13.2. The van der Waals surface area contributed by atoms with Gasteiger partial charge in [-0.2, -0.15) is 4.31 Å². The van der Waals surface area contributed by atoms with Crippen LogP contribution in [-0.2, 0) is 22.9 Å². The molecule has 0 spiro atoms. The number of benzene rings is 3. The average Bonchev–Trinajstić information content (AvgIpc) is 2.96. The SMILES string of the molecule is O=S(=O)(c1ccc(F)cc1)N1CCN(C2c3ccccc3CCc3ccccc32)CC1. The van der Waals surface area contributed by atoms with Crippen LogP contribution in [0, 0.1) is 5.82 Å². The summed E-state index contributed by atoms with van der Waals surface area (Å²) in [5, 5.41) is 0. The van der Waals surface area contributed by atoms with Gasteiger partial charge in [-0.05, 0) is 59.4 Å². The summed E-state index contributed by atoms with van der Waals surface area (Å²) in [4.78, 5) is 2.55. The Morgan fingerprint density at radius 2 is 1.23 bits per heavy atom. The van der Waals surface area contributed by atoms with E-state index in [0.29, 0.717) is 26.2 Å². The second-order valence-corrected chi connectivity index (χ2v) is 10.1. The highest BCUT2D eigenvalue weighted by molar-refractivity contribution is 7.89. The zero-order valence-electron chi connectivity index (χ0n) is 17.2. The second-order valence-electron chi connectivity index (χ2n) is 8.19. The van der Waals surface area contributed by atoms with E-state index in [2.05, 4.69) is 53.4 Å². The molecule has 1 aliphatic heterocycles. The number of fused-ring (bicyclic) bond motifs is 2. The maximum atomic E-state index is 13.2. The molecule has 0 N–H and O–H groups in total. The van der Waals surface area contributed by atoms with Gasteiger partial charge < -0.3 is 0 Å². The van der Waals surface area contributed by atoms with Crippen molar-refractivity contribution in [3.8, 4) is 0 Å². The Morgan fingerprint density at radius 3 is 1.77 bits per heavy atom. The molecule has 31 heavy (non-hydrogen) atoms.